The summed E-state index contributed by atoms with van der Waals surface area (Å²) in [5.74, 6) is 0.611. The van der Waals surface area contributed by atoms with Gasteiger partial charge in [0, 0.05) is 22.3 Å². The third kappa shape index (κ3) is 4.79. The van der Waals surface area contributed by atoms with Crippen LogP contribution in [0.4, 0.5) is 0 Å². The van der Waals surface area contributed by atoms with Gasteiger partial charge >= 0.3 is 0 Å². The van der Waals surface area contributed by atoms with E-state index in [1.807, 2.05) is 6.07 Å². The molecule has 0 aliphatic carbocycles. The fraction of sp³-hybridized carbons (Fsp3) is 0.353. The van der Waals surface area contributed by atoms with Crippen molar-refractivity contribution in [1.82, 2.24) is 4.57 Å². The number of rotatable bonds is 7. The summed E-state index contributed by atoms with van der Waals surface area (Å²) in [5, 5.41) is 1.14. The van der Waals surface area contributed by atoms with Crippen molar-refractivity contribution in [1.29, 1.82) is 0 Å². The number of hydrogen-bond acceptors (Lipinski definition) is 2. The minimum Gasteiger partial charge on any atom is -0.493 e. The third-order valence-corrected chi connectivity index (χ3v) is 3.93. The van der Waals surface area contributed by atoms with Crippen molar-refractivity contribution in [3.63, 3.8) is 0 Å². The van der Waals surface area contributed by atoms with E-state index in [2.05, 4.69) is 6.92 Å². The lowest BCUT2D eigenvalue weighted by molar-refractivity contribution is 0.305. The molecule has 0 amide bonds. The van der Waals surface area contributed by atoms with Gasteiger partial charge in [0.25, 0.3) is 5.56 Å². The summed E-state index contributed by atoms with van der Waals surface area (Å²) >= 11 is 12.0. The number of hydrogen-bond donors (Lipinski definition) is 0. The summed E-state index contributed by atoms with van der Waals surface area (Å²) in [4.78, 5) is 12.1. The minimum absolute atomic E-state index is 0.112. The topological polar surface area (TPSA) is 31.2 Å². The van der Waals surface area contributed by atoms with Gasteiger partial charge in [-0.15, -0.1) is 0 Å². The molecule has 0 aliphatic rings. The number of nitrogens with zero attached hydrogens (tertiary/aromatic N) is 1. The summed E-state index contributed by atoms with van der Waals surface area (Å²) in [6, 6.07) is 8.58. The predicted octanol–water partition coefficient (Wildman–Crippen LogP) is 4.77. The van der Waals surface area contributed by atoms with E-state index in [0.29, 0.717) is 28.9 Å². The molecule has 0 bridgehead atoms. The molecule has 0 fully saturated rings. The second kappa shape index (κ2) is 8.25. The van der Waals surface area contributed by atoms with Crippen LogP contribution in [0, 0.1) is 0 Å². The van der Waals surface area contributed by atoms with Gasteiger partial charge in [-0.1, -0.05) is 49.0 Å². The highest BCUT2D eigenvalue weighted by atomic mass is 35.5. The highest BCUT2D eigenvalue weighted by Gasteiger charge is 2.05. The van der Waals surface area contributed by atoms with E-state index >= 15 is 0 Å². The zero-order valence-corrected chi connectivity index (χ0v) is 14.0. The largest absolute Gasteiger partial charge is 0.493 e. The molecule has 5 heteroatoms. The van der Waals surface area contributed by atoms with E-state index in [9.17, 15) is 4.79 Å². The van der Waals surface area contributed by atoms with Crippen LogP contribution in [0.1, 0.15) is 31.7 Å². The smallest absolute Gasteiger partial charge is 0.254 e. The van der Waals surface area contributed by atoms with Gasteiger partial charge in [0.2, 0.25) is 0 Å². The number of pyridine rings is 1. The van der Waals surface area contributed by atoms with Crippen molar-refractivity contribution in [3.05, 3.63) is 62.5 Å². The van der Waals surface area contributed by atoms with Crippen molar-refractivity contribution in [3.8, 4) is 5.75 Å². The lowest BCUT2D eigenvalue weighted by Crippen LogP contribution is -2.19. The Balaban J connectivity index is 2.05. The van der Waals surface area contributed by atoms with Gasteiger partial charge in [-0.2, -0.15) is 0 Å². The maximum Gasteiger partial charge on any atom is 0.254 e. The number of halogens is 2. The van der Waals surface area contributed by atoms with Crippen molar-refractivity contribution < 1.29 is 4.74 Å². The molecule has 0 unspecified atom stereocenters. The molecule has 1 aromatic heterocycles. The molecular weight excluding hydrogens is 321 g/mol. The van der Waals surface area contributed by atoms with Crippen LogP contribution in [-0.4, -0.2) is 11.2 Å². The van der Waals surface area contributed by atoms with E-state index in [4.69, 9.17) is 27.9 Å². The maximum atomic E-state index is 12.1. The highest BCUT2D eigenvalue weighted by molar-refractivity contribution is 6.35. The summed E-state index contributed by atoms with van der Waals surface area (Å²) in [6.07, 6.45) is 5.00. The normalized spacial score (nSPS) is 10.7. The first-order chi connectivity index (χ1) is 10.6. The predicted molar refractivity (Wildman–Crippen MR) is 91.3 cm³/mol. The lowest BCUT2D eigenvalue weighted by atomic mass is 10.2. The van der Waals surface area contributed by atoms with Crippen molar-refractivity contribution in [2.24, 2.45) is 0 Å². The van der Waals surface area contributed by atoms with Crippen LogP contribution in [0.5, 0.6) is 5.75 Å². The fourth-order valence-corrected chi connectivity index (χ4v) is 2.55. The Bertz CT molecular complexity index is 683. The monoisotopic (exact) mass is 339 g/mol. The number of unbranched alkanes of at least 4 members (excludes halogenated alkanes) is 2. The third-order valence-electron chi connectivity index (χ3n) is 3.34. The van der Waals surface area contributed by atoms with Crippen LogP contribution in [0.2, 0.25) is 10.0 Å². The van der Waals surface area contributed by atoms with Gasteiger partial charge in [-0.3, -0.25) is 4.79 Å². The minimum atomic E-state index is -0.112. The molecule has 118 valence electrons. The number of aromatic nitrogens is 1. The van der Waals surface area contributed by atoms with Crippen molar-refractivity contribution in [2.75, 3.05) is 6.61 Å². The average Bonchev–Trinajstić information content (AvgIpc) is 2.49. The summed E-state index contributed by atoms with van der Waals surface area (Å²) in [7, 11) is 0. The Labute approximate surface area is 140 Å². The van der Waals surface area contributed by atoms with Gasteiger partial charge in [-0.25, -0.2) is 0 Å². The van der Waals surface area contributed by atoms with E-state index in [-0.39, 0.29) is 5.56 Å². The molecule has 0 radical (unpaired) electrons. The average molecular weight is 340 g/mol. The van der Waals surface area contributed by atoms with Gasteiger partial charge in [0.1, 0.15) is 5.75 Å². The highest BCUT2D eigenvalue weighted by Crippen LogP contribution is 2.21. The number of ether oxygens (including phenoxy) is 1. The molecule has 22 heavy (non-hydrogen) atoms. The Morgan fingerprint density at radius 3 is 2.64 bits per heavy atom. The number of benzene rings is 1. The van der Waals surface area contributed by atoms with Gasteiger partial charge < -0.3 is 9.30 Å². The maximum absolute atomic E-state index is 12.1. The zero-order valence-electron chi connectivity index (χ0n) is 12.5. The Morgan fingerprint density at radius 2 is 1.95 bits per heavy atom. The summed E-state index contributed by atoms with van der Waals surface area (Å²) in [5.41, 5.74) is 0.740. The fourth-order valence-electron chi connectivity index (χ4n) is 2.09. The van der Waals surface area contributed by atoms with Crippen LogP contribution < -0.4 is 10.3 Å². The molecule has 0 saturated carbocycles. The van der Waals surface area contributed by atoms with Crippen molar-refractivity contribution >= 4 is 23.2 Å². The van der Waals surface area contributed by atoms with E-state index in [1.165, 1.54) is 6.07 Å². The molecule has 3 nitrogen and oxygen atoms in total. The molecule has 0 spiro atoms. The van der Waals surface area contributed by atoms with Crippen LogP contribution >= 0.6 is 23.2 Å². The van der Waals surface area contributed by atoms with Crippen LogP contribution in [0.25, 0.3) is 0 Å². The van der Waals surface area contributed by atoms with E-state index in [0.717, 1.165) is 24.8 Å². The first kappa shape index (κ1) is 16.9. The van der Waals surface area contributed by atoms with Crippen LogP contribution in [0.15, 0.2) is 41.3 Å². The summed E-state index contributed by atoms with van der Waals surface area (Å²) < 4.78 is 7.17. The zero-order chi connectivity index (χ0) is 15.9. The van der Waals surface area contributed by atoms with Crippen LogP contribution in [-0.2, 0) is 6.54 Å². The standard InChI is InChI=1S/C17H19Cl2NO2/c1-2-3-4-9-22-15-7-8-20(17(21)11-15)12-13-5-6-14(18)10-16(13)19/h5-8,10-11H,2-4,9,12H2,1H3. The molecular formula is C17H19Cl2NO2. The molecule has 1 aromatic carbocycles. The lowest BCUT2D eigenvalue weighted by Gasteiger charge is -2.10. The van der Waals surface area contributed by atoms with Crippen LogP contribution in [0.3, 0.4) is 0 Å². The molecule has 0 N–H and O–H groups in total. The Morgan fingerprint density at radius 1 is 1.14 bits per heavy atom. The molecule has 0 saturated heterocycles. The Kier molecular flexibility index (Phi) is 6.34. The van der Waals surface area contributed by atoms with Gasteiger partial charge in [0.05, 0.1) is 13.2 Å². The van der Waals surface area contributed by atoms with Crippen molar-refractivity contribution in [2.45, 2.75) is 32.7 Å². The second-order valence-electron chi connectivity index (χ2n) is 5.12. The van der Waals surface area contributed by atoms with E-state index < -0.39 is 0 Å². The molecule has 1 heterocycles. The molecule has 2 aromatic rings. The van der Waals surface area contributed by atoms with Gasteiger partial charge in [-0.05, 0) is 30.2 Å². The molecule has 0 aliphatic heterocycles. The molecule has 2 rings (SSSR count). The quantitative estimate of drug-likeness (QED) is 0.680. The molecule has 0 atom stereocenters. The summed E-state index contributed by atoms with van der Waals surface area (Å²) in [6.45, 7) is 3.19. The second-order valence-corrected chi connectivity index (χ2v) is 5.96. The first-order valence-electron chi connectivity index (χ1n) is 7.37. The van der Waals surface area contributed by atoms with Gasteiger partial charge in [0.15, 0.2) is 0 Å². The SMILES string of the molecule is CCCCCOc1ccn(Cc2ccc(Cl)cc2Cl)c(=O)c1. The Hall–Kier alpha value is -1.45. The first-order valence-corrected chi connectivity index (χ1v) is 8.13. The van der Waals surface area contributed by atoms with E-state index in [1.54, 1.807) is 29.0 Å².